The van der Waals surface area contributed by atoms with Gasteiger partial charge in [-0.15, -0.1) is 12.3 Å². The van der Waals surface area contributed by atoms with Crippen LogP contribution in [0.3, 0.4) is 0 Å². The van der Waals surface area contributed by atoms with Crippen molar-refractivity contribution in [1.29, 1.82) is 0 Å². The van der Waals surface area contributed by atoms with E-state index in [1.54, 1.807) is 12.4 Å². The van der Waals surface area contributed by atoms with Gasteiger partial charge in [-0.3, -0.25) is 0 Å². The van der Waals surface area contributed by atoms with Gasteiger partial charge in [-0.2, -0.15) is 10.2 Å². The summed E-state index contributed by atoms with van der Waals surface area (Å²) in [7, 11) is 0. The van der Waals surface area contributed by atoms with E-state index < -0.39 is 0 Å². The van der Waals surface area contributed by atoms with Crippen LogP contribution in [0, 0.1) is 12.3 Å². The lowest BCUT2D eigenvalue weighted by molar-refractivity contribution is 0.520. The molecule has 0 amide bonds. The van der Waals surface area contributed by atoms with Crippen molar-refractivity contribution in [3.05, 3.63) is 24.0 Å². The van der Waals surface area contributed by atoms with Crippen LogP contribution in [0.15, 0.2) is 18.5 Å². The van der Waals surface area contributed by atoms with E-state index in [0.717, 1.165) is 24.9 Å². The van der Waals surface area contributed by atoms with Crippen LogP contribution in [0.5, 0.6) is 0 Å². The Kier molecular flexibility index (Phi) is 4.66. The highest BCUT2D eigenvalue weighted by atomic mass is 15.1. The average Bonchev–Trinajstić information content (AvgIpc) is 2.25. The maximum atomic E-state index is 5.25. The maximum absolute atomic E-state index is 5.25. The van der Waals surface area contributed by atoms with Gasteiger partial charge in [0, 0.05) is 18.7 Å². The van der Waals surface area contributed by atoms with Crippen molar-refractivity contribution in [3.8, 4) is 12.3 Å². The molecule has 0 saturated carbocycles. The predicted octanol–water partition coefficient (Wildman–Crippen LogP) is 1.54. The minimum absolute atomic E-state index is 0.298. The third-order valence-corrected chi connectivity index (χ3v) is 2.04. The Morgan fingerprint density at radius 2 is 2.43 bits per heavy atom. The van der Waals surface area contributed by atoms with Gasteiger partial charge in [0.2, 0.25) is 0 Å². The van der Waals surface area contributed by atoms with Gasteiger partial charge in [-0.1, -0.05) is 6.92 Å². The molecule has 3 heteroatoms. The highest BCUT2D eigenvalue weighted by Gasteiger charge is 2.08. The molecular weight excluding hydrogens is 174 g/mol. The standard InChI is InChI=1S/C11H15N3/c1-3-5-6-11(12-4-2)10-7-8-13-14-9-10/h1,7-9,11-12H,4-6H2,2H3. The lowest BCUT2D eigenvalue weighted by atomic mass is 10.0. The van der Waals surface area contributed by atoms with Gasteiger partial charge >= 0.3 is 0 Å². The monoisotopic (exact) mass is 189 g/mol. The van der Waals surface area contributed by atoms with E-state index in [9.17, 15) is 0 Å². The molecule has 1 aromatic heterocycles. The molecule has 1 aromatic rings. The van der Waals surface area contributed by atoms with Crippen LogP contribution in [0.25, 0.3) is 0 Å². The number of terminal acetylenes is 1. The fourth-order valence-electron chi connectivity index (χ4n) is 1.37. The zero-order chi connectivity index (χ0) is 10.2. The highest BCUT2D eigenvalue weighted by molar-refractivity contribution is 5.11. The number of nitrogens with one attached hydrogen (secondary N) is 1. The molecule has 0 aromatic carbocycles. The van der Waals surface area contributed by atoms with E-state index in [1.807, 2.05) is 6.07 Å². The van der Waals surface area contributed by atoms with E-state index in [2.05, 4.69) is 28.4 Å². The van der Waals surface area contributed by atoms with Crippen LogP contribution < -0.4 is 5.32 Å². The Bertz CT molecular complexity index is 289. The Morgan fingerprint density at radius 1 is 1.57 bits per heavy atom. The van der Waals surface area contributed by atoms with E-state index in [-0.39, 0.29) is 0 Å². The summed E-state index contributed by atoms with van der Waals surface area (Å²) in [6, 6.07) is 2.27. The van der Waals surface area contributed by atoms with E-state index in [1.165, 1.54) is 0 Å². The van der Waals surface area contributed by atoms with Crippen LogP contribution in [-0.2, 0) is 0 Å². The smallest absolute Gasteiger partial charge is 0.0544 e. The molecule has 0 fully saturated rings. The Morgan fingerprint density at radius 3 is 3.00 bits per heavy atom. The molecule has 1 heterocycles. The number of rotatable bonds is 5. The maximum Gasteiger partial charge on any atom is 0.0544 e. The van der Waals surface area contributed by atoms with E-state index in [4.69, 9.17) is 6.42 Å². The predicted molar refractivity (Wildman–Crippen MR) is 56.5 cm³/mol. The van der Waals surface area contributed by atoms with Crippen LogP contribution in [0.2, 0.25) is 0 Å². The van der Waals surface area contributed by atoms with Crippen molar-refractivity contribution in [2.75, 3.05) is 6.54 Å². The molecule has 1 rings (SSSR count). The molecule has 0 aliphatic heterocycles. The second-order valence-electron chi connectivity index (χ2n) is 3.03. The SMILES string of the molecule is C#CCCC(NCC)c1ccnnc1. The first-order valence-electron chi connectivity index (χ1n) is 4.82. The third kappa shape index (κ3) is 3.15. The second kappa shape index (κ2) is 6.11. The second-order valence-corrected chi connectivity index (χ2v) is 3.03. The van der Waals surface area contributed by atoms with Crippen molar-refractivity contribution >= 4 is 0 Å². The lowest BCUT2D eigenvalue weighted by Gasteiger charge is -2.16. The van der Waals surface area contributed by atoms with Gasteiger partial charge in [0.25, 0.3) is 0 Å². The summed E-state index contributed by atoms with van der Waals surface area (Å²) >= 11 is 0. The van der Waals surface area contributed by atoms with Crippen LogP contribution in [0.1, 0.15) is 31.4 Å². The normalized spacial score (nSPS) is 12.0. The fourth-order valence-corrected chi connectivity index (χ4v) is 1.37. The summed E-state index contributed by atoms with van der Waals surface area (Å²) in [6.07, 6.45) is 10.4. The minimum Gasteiger partial charge on any atom is -0.310 e. The summed E-state index contributed by atoms with van der Waals surface area (Å²) in [4.78, 5) is 0. The molecule has 1 unspecified atom stereocenters. The molecule has 0 aliphatic carbocycles. The summed E-state index contributed by atoms with van der Waals surface area (Å²) in [5, 5.41) is 11.0. The number of nitrogens with zero attached hydrogens (tertiary/aromatic N) is 2. The van der Waals surface area contributed by atoms with Gasteiger partial charge in [0.15, 0.2) is 0 Å². The number of aromatic nitrogens is 2. The molecule has 1 atom stereocenters. The van der Waals surface area contributed by atoms with Crippen LogP contribution >= 0.6 is 0 Å². The zero-order valence-corrected chi connectivity index (χ0v) is 8.40. The molecule has 74 valence electrons. The molecule has 0 bridgehead atoms. The fraction of sp³-hybridized carbons (Fsp3) is 0.455. The molecular formula is C11H15N3. The Balaban J connectivity index is 2.63. The van der Waals surface area contributed by atoms with Gasteiger partial charge in [0.05, 0.1) is 6.20 Å². The number of hydrogen-bond acceptors (Lipinski definition) is 3. The summed E-state index contributed by atoms with van der Waals surface area (Å²) < 4.78 is 0. The van der Waals surface area contributed by atoms with Crippen LogP contribution in [-0.4, -0.2) is 16.7 Å². The van der Waals surface area contributed by atoms with Gasteiger partial charge < -0.3 is 5.32 Å². The van der Waals surface area contributed by atoms with Crippen molar-refractivity contribution < 1.29 is 0 Å². The molecule has 0 radical (unpaired) electrons. The van der Waals surface area contributed by atoms with Gasteiger partial charge in [0.1, 0.15) is 0 Å². The summed E-state index contributed by atoms with van der Waals surface area (Å²) in [5.74, 6) is 2.65. The highest BCUT2D eigenvalue weighted by Crippen LogP contribution is 2.16. The lowest BCUT2D eigenvalue weighted by Crippen LogP contribution is -2.20. The minimum atomic E-state index is 0.298. The van der Waals surface area contributed by atoms with Crippen molar-refractivity contribution in [3.63, 3.8) is 0 Å². The first kappa shape index (κ1) is 10.7. The molecule has 0 spiro atoms. The zero-order valence-electron chi connectivity index (χ0n) is 8.40. The first-order valence-corrected chi connectivity index (χ1v) is 4.82. The molecule has 3 nitrogen and oxygen atoms in total. The van der Waals surface area contributed by atoms with Gasteiger partial charge in [-0.25, -0.2) is 0 Å². The van der Waals surface area contributed by atoms with Gasteiger partial charge in [-0.05, 0) is 24.6 Å². The Labute approximate surface area is 84.9 Å². The van der Waals surface area contributed by atoms with E-state index >= 15 is 0 Å². The Hall–Kier alpha value is -1.40. The average molecular weight is 189 g/mol. The van der Waals surface area contributed by atoms with Crippen molar-refractivity contribution in [1.82, 2.24) is 15.5 Å². The summed E-state index contributed by atoms with van der Waals surface area (Å²) in [6.45, 7) is 3.01. The molecule has 14 heavy (non-hydrogen) atoms. The number of hydrogen-bond donors (Lipinski definition) is 1. The summed E-state index contributed by atoms with van der Waals surface area (Å²) in [5.41, 5.74) is 1.15. The third-order valence-electron chi connectivity index (χ3n) is 2.04. The molecule has 1 N–H and O–H groups in total. The molecule has 0 aliphatic rings. The largest absolute Gasteiger partial charge is 0.310 e. The first-order chi connectivity index (χ1) is 6.88. The van der Waals surface area contributed by atoms with Crippen molar-refractivity contribution in [2.45, 2.75) is 25.8 Å². The van der Waals surface area contributed by atoms with Crippen LogP contribution in [0.4, 0.5) is 0 Å². The quantitative estimate of drug-likeness (QED) is 0.714. The molecule has 0 saturated heterocycles. The van der Waals surface area contributed by atoms with E-state index in [0.29, 0.717) is 6.04 Å². The van der Waals surface area contributed by atoms with Crippen molar-refractivity contribution in [2.24, 2.45) is 0 Å². The topological polar surface area (TPSA) is 37.8 Å².